The second-order valence-corrected chi connectivity index (χ2v) is 3.94. The lowest BCUT2D eigenvalue weighted by Crippen LogP contribution is -2.42. The maximum absolute atomic E-state index is 11.4. The van der Waals surface area contributed by atoms with Crippen LogP contribution in [0.2, 0.25) is 5.02 Å². The summed E-state index contributed by atoms with van der Waals surface area (Å²) in [7, 11) is 0. The average Bonchev–Trinajstić information content (AvgIpc) is 2.28. The number of carbonyl (C=O) groups is 2. The Bertz CT molecular complexity index is 465. The predicted octanol–water partition coefficient (Wildman–Crippen LogP) is 0.761. The van der Waals surface area contributed by atoms with E-state index in [0.717, 1.165) is 0 Å². The summed E-state index contributed by atoms with van der Waals surface area (Å²) in [6, 6.07) is 4.06. The third-order valence-corrected chi connectivity index (χ3v) is 2.55. The molecule has 0 spiro atoms. The van der Waals surface area contributed by atoms with E-state index in [1.54, 1.807) is 18.2 Å². The molecular weight excluding hydrogens is 258 g/mol. The number of hydrogen-bond acceptors (Lipinski definition) is 4. The van der Waals surface area contributed by atoms with E-state index in [2.05, 4.69) is 0 Å². The minimum atomic E-state index is -0.930. The van der Waals surface area contributed by atoms with Crippen molar-refractivity contribution in [1.82, 2.24) is 5.32 Å². The van der Waals surface area contributed by atoms with Gasteiger partial charge in [-0.25, -0.2) is 4.79 Å². The van der Waals surface area contributed by atoms with Gasteiger partial charge in [0, 0.05) is 17.1 Å². The van der Waals surface area contributed by atoms with Gasteiger partial charge in [-0.1, -0.05) is 17.7 Å². The van der Waals surface area contributed by atoms with E-state index in [1.807, 2.05) is 5.32 Å². The van der Waals surface area contributed by atoms with Gasteiger partial charge in [-0.2, -0.15) is 0 Å². The number of primary amides is 1. The molecule has 3 amide bonds. The number of imide groups is 1. The lowest BCUT2D eigenvalue weighted by Gasteiger charge is -2.16. The quantitative estimate of drug-likeness (QED) is 0.751. The molecule has 0 saturated heterocycles. The van der Waals surface area contributed by atoms with E-state index in [0.29, 0.717) is 16.3 Å². The number of hydrogen-bond donors (Lipinski definition) is 3. The zero-order chi connectivity index (χ0) is 13.7. The molecule has 98 valence electrons. The van der Waals surface area contributed by atoms with Gasteiger partial charge < -0.3 is 16.2 Å². The largest absolute Gasteiger partial charge is 0.480 e. The number of amides is 3. The third kappa shape index (κ3) is 3.61. The highest BCUT2D eigenvalue weighted by Gasteiger charge is 2.18. The molecule has 18 heavy (non-hydrogen) atoms. The molecule has 0 radical (unpaired) electrons. The van der Waals surface area contributed by atoms with Crippen LogP contribution in [-0.2, 0) is 11.3 Å². The Morgan fingerprint density at radius 3 is 2.72 bits per heavy atom. The van der Waals surface area contributed by atoms with Crippen LogP contribution in [0, 0.1) is 0 Å². The Balaban J connectivity index is 2.81. The van der Waals surface area contributed by atoms with E-state index in [9.17, 15) is 9.59 Å². The highest BCUT2D eigenvalue weighted by atomic mass is 35.5. The Morgan fingerprint density at radius 2 is 2.17 bits per heavy atom. The molecular formula is C11H14ClN3O3. The van der Waals surface area contributed by atoms with Crippen molar-refractivity contribution >= 4 is 23.5 Å². The van der Waals surface area contributed by atoms with Crippen LogP contribution in [0.25, 0.3) is 0 Å². The highest BCUT2D eigenvalue weighted by molar-refractivity contribution is 6.31. The maximum atomic E-state index is 11.4. The van der Waals surface area contributed by atoms with Gasteiger partial charge in [0.1, 0.15) is 5.75 Å². The maximum Gasteiger partial charge on any atom is 0.318 e. The molecule has 7 heteroatoms. The zero-order valence-corrected chi connectivity index (χ0v) is 10.5. The van der Waals surface area contributed by atoms with Crippen LogP contribution in [0.4, 0.5) is 4.79 Å². The lowest BCUT2D eigenvalue weighted by atomic mass is 10.2. The molecule has 1 rings (SSSR count). The summed E-state index contributed by atoms with van der Waals surface area (Å²) in [5, 5.41) is 2.38. The Hall–Kier alpha value is -1.79. The van der Waals surface area contributed by atoms with E-state index in [4.69, 9.17) is 27.8 Å². The fourth-order valence-corrected chi connectivity index (χ4v) is 1.56. The summed E-state index contributed by atoms with van der Waals surface area (Å²) in [5.41, 5.74) is 11.0. The van der Waals surface area contributed by atoms with Crippen molar-refractivity contribution in [1.29, 1.82) is 0 Å². The van der Waals surface area contributed by atoms with Gasteiger partial charge in [0.25, 0.3) is 5.91 Å². The average molecular weight is 272 g/mol. The molecule has 0 aliphatic rings. The van der Waals surface area contributed by atoms with Crippen LogP contribution in [0.1, 0.15) is 12.5 Å². The first-order valence-electron chi connectivity index (χ1n) is 5.20. The fraction of sp³-hybridized carbons (Fsp3) is 0.273. The minimum absolute atomic E-state index is 0.180. The normalized spacial score (nSPS) is 11.7. The van der Waals surface area contributed by atoms with Gasteiger partial charge in [0.15, 0.2) is 6.10 Å². The Labute approximate surface area is 109 Å². The second-order valence-electron chi connectivity index (χ2n) is 3.53. The SMILES string of the molecule is CC(Oc1cccc(Cl)c1CN)C(=O)NC(N)=O. The topological polar surface area (TPSA) is 107 Å². The third-order valence-electron chi connectivity index (χ3n) is 2.20. The number of benzene rings is 1. The van der Waals surface area contributed by atoms with Crippen molar-refractivity contribution in [3.63, 3.8) is 0 Å². The molecule has 0 saturated carbocycles. The van der Waals surface area contributed by atoms with Gasteiger partial charge in [-0.05, 0) is 19.1 Å². The van der Waals surface area contributed by atoms with E-state index >= 15 is 0 Å². The highest BCUT2D eigenvalue weighted by Crippen LogP contribution is 2.26. The minimum Gasteiger partial charge on any atom is -0.480 e. The lowest BCUT2D eigenvalue weighted by molar-refractivity contribution is -0.126. The van der Waals surface area contributed by atoms with Crippen molar-refractivity contribution < 1.29 is 14.3 Å². The molecule has 1 aromatic rings. The van der Waals surface area contributed by atoms with Crippen LogP contribution < -0.4 is 21.5 Å². The Morgan fingerprint density at radius 1 is 1.50 bits per heavy atom. The van der Waals surface area contributed by atoms with E-state index in [1.165, 1.54) is 6.92 Å². The summed E-state index contributed by atoms with van der Waals surface area (Å²) < 4.78 is 5.40. The first-order chi connectivity index (χ1) is 8.45. The molecule has 1 unspecified atom stereocenters. The van der Waals surface area contributed by atoms with Crippen molar-refractivity contribution in [2.45, 2.75) is 19.6 Å². The molecule has 1 aromatic carbocycles. The fourth-order valence-electron chi connectivity index (χ4n) is 1.31. The predicted molar refractivity (Wildman–Crippen MR) is 67.2 cm³/mol. The summed E-state index contributed by atoms with van der Waals surface area (Å²) >= 11 is 5.94. The second kappa shape index (κ2) is 6.23. The molecule has 0 aliphatic carbocycles. The van der Waals surface area contributed by atoms with Crippen LogP contribution in [0.3, 0.4) is 0 Å². The monoisotopic (exact) mass is 271 g/mol. The number of carbonyl (C=O) groups excluding carboxylic acids is 2. The van der Waals surface area contributed by atoms with E-state index < -0.39 is 18.0 Å². The molecule has 0 aliphatic heterocycles. The van der Waals surface area contributed by atoms with Crippen LogP contribution in [0.15, 0.2) is 18.2 Å². The summed E-state index contributed by atoms with van der Waals surface area (Å²) in [4.78, 5) is 22.0. The first kappa shape index (κ1) is 14.3. The number of ether oxygens (including phenoxy) is 1. The van der Waals surface area contributed by atoms with Crippen LogP contribution in [0.5, 0.6) is 5.75 Å². The number of halogens is 1. The van der Waals surface area contributed by atoms with Crippen molar-refractivity contribution in [3.8, 4) is 5.75 Å². The van der Waals surface area contributed by atoms with Gasteiger partial charge in [0.05, 0.1) is 0 Å². The van der Waals surface area contributed by atoms with Crippen molar-refractivity contribution in [3.05, 3.63) is 28.8 Å². The molecule has 0 bridgehead atoms. The molecule has 5 N–H and O–H groups in total. The van der Waals surface area contributed by atoms with E-state index in [-0.39, 0.29) is 6.54 Å². The number of nitrogens with two attached hydrogens (primary N) is 2. The van der Waals surface area contributed by atoms with Crippen LogP contribution >= 0.6 is 11.6 Å². The molecule has 0 aromatic heterocycles. The summed E-state index contributed by atoms with van der Waals surface area (Å²) in [6.07, 6.45) is -0.888. The van der Waals surface area contributed by atoms with Crippen molar-refractivity contribution in [2.75, 3.05) is 0 Å². The molecule has 0 fully saturated rings. The summed E-state index contributed by atoms with van der Waals surface area (Å²) in [6.45, 7) is 1.67. The molecule has 1 atom stereocenters. The zero-order valence-electron chi connectivity index (χ0n) is 9.77. The van der Waals surface area contributed by atoms with Crippen molar-refractivity contribution in [2.24, 2.45) is 11.5 Å². The number of nitrogens with one attached hydrogen (secondary N) is 1. The smallest absolute Gasteiger partial charge is 0.318 e. The van der Waals surface area contributed by atoms with Gasteiger partial charge in [-0.3, -0.25) is 10.1 Å². The van der Waals surface area contributed by atoms with Gasteiger partial charge in [-0.15, -0.1) is 0 Å². The first-order valence-corrected chi connectivity index (χ1v) is 5.58. The van der Waals surface area contributed by atoms with Gasteiger partial charge >= 0.3 is 6.03 Å². The molecule has 0 heterocycles. The summed E-state index contributed by atoms with van der Waals surface area (Å²) in [5.74, 6) is -0.234. The molecule has 6 nitrogen and oxygen atoms in total. The standard InChI is InChI=1S/C11H14ClN3O3/c1-6(10(16)15-11(14)17)18-9-4-2-3-8(12)7(9)5-13/h2-4,6H,5,13H2,1H3,(H3,14,15,16,17). The van der Waals surface area contributed by atoms with Crippen LogP contribution in [-0.4, -0.2) is 18.0 Å². The number of rotatable bonds is 4. The Kier molecular flexibility index (Phi) is 4.94. The van der Waals surface area contributed by atoms with Gasteiger partial charge in [0.2, 0.25) is 0 Å². The number of urea groups is 1.